The minimum atomic E-state index is -2.91. The molecule has 1 rings (SSSR count). The molecule has 16 heavy (non-hydrogen) atoms. The van der Waals surface area contributed by atoms with Gasteiger partial charge in [0.2, 0.25) is 0 Å². The molecular weight excluding hydrogens is 226 g/mol. The van der Waals surface area contributed by atoms with Crippen LogP contribution in [-0.4, -0.2) is 38.7 Å². The highest BCUT2D eigenvalue weighted by molar-refractivity contribution is 7.91. The number of hydrogen-bond donors (Lipinski definition) is 1. The smallest absolute Gasteiger partial charge is 0.152 e. The summed E-state index contributed by atoms with van der Waals surface area (Å²) in [5.41, 5.74) is 5.99. The van der Waals surface area contributed by atoms with Crippen molar-refractivity contribution in [1.82, 2.24) is 0 Å². The van der Waals surface area contributed by atoms with E-state index in [0.717, 1.165) is 25.7 Å². The second-order valence-electron chi connectivity index (χ2n) is 4.45. The Morgan fingerprint density at radius 1 is 1.25 bits per heavy atom. The van der Waals surface area contributed by atoms with Gasteiger partial charge in [-0.2, -0.15) is 0 Å². The zero-order valence-corrected chi connectivity index (χ0v) is 10.8. The summed E-state index contributed by atoms with van der Waals surface area (Å²) >= 11 is 0. The molecule has 0 aromatic heterocycles. The van der Waals surface area contributed by atoms with Crippen LogP contribution >= 0.6 is 0 Å². The van der Waals surface area contributed by atoms with Gasteiger partial charge in [-0.3, -0.25) is 0 Å². The Hall–Kier alpha value is -0.130. The van der Waals surface area contributed by atoms with Crippen molar-refractivity contribution in [1.29, 1.82) is 0 Å². The second-order valence-corrected chi connectivity index (χ2v) is 6.92. The van der Waals surface area contributed by atoms with Gasteiger partial charge in [0, 0.05) is 11.8 Å². The normalized spacial score (nSPS) is 27.6. The number of nitrogens with two attached hydrogens (primary N) is 1. The first-order valence-electron chi connectivity index (χ1n) is 6.13. The lowest BCUT2D eigenvalue weighted by atomic mass is 10.1. The van der Waals surface area contributed by atoms with Crippen LogP contribution < -0.4 is 5.73 Å². The standard InChI is InChI=1S/C11H23NO3S/c1-2-16(13,14)9-8-15-11-7-5-3-4-6-10(11)12/h10-11H,2-9,12H2,1H3. The topological polar surface area (TPSA) is 69.4 Å². The van der Waals surface area contributed by atoms with Crippen LogP contribution in [0.25, 0.3) is 0 Å². The van der Waals surface area contributed by atoms with Crippen molar-refractivity contribution in [2.45, 2.75) is 51.2 Å². The van der Waals surface area contributed by atoms with Crippen LogP contribution in [0.3, 0.4) is 0 Å². The summed E-state index contributed by atoms with van der Waals surface area (Å²) in [5.74, 6) is 0.305. The van der Waals surface area contributed by atoms with Crippen molar-refractivity contribution in [3.05, 3.63) is 0 Å². The molecule has 2 unspecified atom stereocenters. The van der Waals surface area contributed by atoms with Crippen molar-refractivity contribution in [3.8, 4) is 0 Å². The number of rotatable bonds is 5. The molecule has 96 valence electrons. The summed E-state index contributed by atoms with van der Waals surface area (Å²) in [6.07, 6.45) is 5.52. The lowest BCUT2D eigenvalue weighted by molar-refractivity contribution is 0.0410. The Morgan fingerprint density at radius 2 is 1.94 bits per heavy atom. The third-order valence-corrected chi connectivity index (χ3v) is 4.84. The Kier molecular flexibility index (Phi) is 5.72. The molecule has 0 heterocycles. The third-order valence-electron chi connectivity index (χ3n) is 3.17. The molecule has 0 bridgehead atoms. The molecule has 0 aromatic rings. The van der Waals surface area contributed by atoms with Gasteiger partial charge in [-0.1, -0.05) is 26.2 Å². The minimum Gasteiger partial charge on any atom is -0.376 e. The lowest BCUT2D eigenvalue weighted by Gasteiger charge is -2.21. The zero-order valence-electron chi connectivity index (χ0n) is 10.0. The first-order chi connectivity index (χ1) is 7.55. The maximum atomic E-state index is 11.3. The SMILES string of the molecule is CCS(=O)(=O)CCOC1CCCCCC1N. The van der Waals surface area contributed by atoms with Gasteiger partial charge in [-0.05, 0) is 12.8 Å². The molecule has 0 aliphatic heterocycles. The van der Waals surface area contributed by atoms with Crippen molar-refractivity contribution in [2.24, 2.45) is 5.73 Å². The summed E-state index contributed by atoms with van der Waals surface area (Å²) in [7, 11) is -2.91. The average Bonchev–Trinajstić information content (AvgIpc) is 2.44. The predicted molar refractivity (Wildman–Crippen MR) is 65.1 cm³/mol. The van der Waals surface area contributed by atoms with E-state index in [1.807, 2.05) is 0 Å². The summed E-state index contributed by atoms with van der Waals surface area (Å²) < 4.78 is 28.2. The van der Waals surface area contributed by atoms with Gasteiger partial charge in [0.1, 0.15) is 0 Å². The number of sulfone groups is 1. The van der Waals surface area contributed by atoms with Gasteiger partial charge in [-0.25, -0.2) is 8.42 Å². The van der Waals surface area contributed by atoms with E-state index in [0.29, 0.717) is 0 Å². The number of hydrogen-bond acceptors (Lipinski definition) is 4. The Bertz CT molecular complexity index is 290. The van der Waals surface area contributed by atoms with E-state index in [1.54, 1.807) is 6.92 Å². The molecule has 0 spiro atoms. The van der Waals surface area contributed by atoms with Crippen LogP contribution in [0.1, 0.15) is 39.0 Å². The molecule has 0 saturated heterocycles. The molecule has 0 aromatic carbocycles. The summed E-state index contributed by atoms with van der Waals surface area (Å²) in [5, 5.41) is 0. The Morgan fingerprint density at radius 3 is 2.62 bits per heavy atom. The Labute approximate surface area is 98.5 Å². The molecule has 2 atom stereocenters. The third kappa shape index (κ3) is 4.80. The fourth-order valence-electron chi connectivity index (χ4n) is 1.98. The minimum absolute atomic E-state index is 0.0505. The van der Waals surface area contributed by atoms with Crippen molar-refractivity contribution < 1.29 is 13.2 Å². The molecule has 0 radical (unpaired) electrons. The van der Waals surface area contributed by atoms with E-state index in [2.05, 4.69) is 0 Å². The first kappa shape index (κ1) is 13.9. The zero-order chi connectivity index (χ0) is 12.0. The van der Waals surface area contributed by atoms with Crippen LogP contribution in [0, 0.1) is 0 Å². The highest BCUT2D eigenvalue weighted by Gasteiger charge is 2.21. The van der Waals surface area contributed by atoms with Gasteiger partial charge in [0.05, 0.1) is 18.5 Å². The van der Waals surface area contributed by atoms with E-state index in [9.17, 15) is 8.42 Å². The van der Waals surface area contributed by atoms with Crippen LogP contribution in [0.4, 0.5) is 0 Å². The van der Waals surface area contributed by atoms with Gasteiger partial charge in [-0.15, -0.1) is 0 Å². The van der Waals surface area contributed by atoms with E-state index >= 15 is 0 Å². The van der Waals surface area contributed by atoms with Gasteiger partial charge in [0.15, 0.2) is 9.84 Å². The van der Waals surface area contributed by atoms with Crippen LogP contribution in [-0.2, 0) is 14.6 Å². The van der Waals surface area contributed by atoms with E-state index in [1.165, 1.54) is 6.42 Å². The largest absolute Gasteiger partial charge is 0.376 e. The van der Waals surface area contributed by atoms with Gasteiger partial charge >= 0.3 is 0 Å². The first-order valence-corrected chi connectivity index (χ1v) is 7.95. The van der Waals surface area contributed by atoms with Crippen LogP contribution in [0.5, 0.6) is 0 Å². The van der Waals surface area contributed by atoms with E-state index in [4.69, 9.17) is 10.5 Å². The summed E-state index contributed by atoms with van der Waals surface area (Å²) in [4.78, 5) is 0. The molecule has 5 heteroatoms. The quantitative estimate of drug-likeness (QED) is 0.741. The van der Waals surface area contributed by atoms with Crippen molar-refractivity contribution in [3.63, 3.8) is 0 Å². The molecule has 0 amide bonds. The highest BCUT2D eigenvalue weighted by atomic mass is 32.2. The number of ether oxygens (including phenoxy) is 1. The van der Waals surface area contributed by atoms with Gasteiger partial charge in [0.25, 0.3) is 0 Å². The fourth-order valence-corrected chi connectivity index (χ4v) is 2.62. The summed E-state index contributed by atoms with van der Waals surface area (Å²) in [6.45, 7) is 1.95. The highest BCUT2D eigenvalue weighted by Crippen LogP contribution is 2.19. The Balaban J connectivity index is 2.30. The molecule has 1 aliphatic carbocycles. The van der Waals surface area contributed by atoms with Crippen molar-refractivity contribution >= 4 is 9.84 Å². The maximum Gasteiger partial charge on any atom is 0.152 e. The molecule has 1 fully saturated rings. The average molecular weight is 249 g/mol. The molecule has 1 aliphatic rings. The van der Waals surface area contributed by atoms with Crippen LogP contribution in [0.2, 0.25) is 0 Å². The fraction of sp³-hybridized carbons (Fsp3) is 1.00. The summed E-state index contributed by atoms with van der Waals surface area (Å²) in [6, 6.07) is 0.0758. The second kappa shape index (κ2) is 6.57. The molecule has 1 saturated carbocycles. The predicted octanol–water partition coefficient (Wildman–Crippen LogP) is 1.10. The van der Waals surface area contributed by atoms with Crippen LogP contribution in [0.15, 0.2) is 0 Å². The van der Waals surface area contributed by atoms with E-state index < -0.39 is 9.84 Å². The van der Waals surface area contributed by atoms with Crippen molar-refractivity contribution in [2.75, 3.05) is 18.1 Å². The molecule has 4 nitrogen and oxygen atoms in total. The lowest BCUT2D eigenvalue weighted by Crippen LogP contribution is -2.36. The van der Waals surface area contributed by atoms with Gasteiger partial charge < -0.3 is 10.5 Å². The monoisotopic (exact) mass is 249 g/mol. The molecule has 2 N–H and O–H groups in total. The van der Waals surface area contributed by atoms with E-state index in [-0.39, 0.29) is 30.3 Å². The maximum absolute atomic E-state index is 11.3. The molecular formula is C11H23NO3S.